The Balaban J connectivity index is 1.45. The Kier molecular flexibility index (Phi) is 4.32. The molecule has 0 saturated heterocycles. The molecule has 2 heterocycles. The second kappa shape index (κ2) is 6.64. The van der Waals surface area contributed by atoms with Crippen molar-refractivity contribution in [3.8, 4) is 0 Å². The maximum absolute atomic E-state index is 12.6. The molecule has 0 radical (unpaired) electrons. The van der Waals surface area contributed by atoms with Gasteiger partial charge in [0.1, 0.15) is 0 Å². The summed E-state index contributed by atoms with van der Waals surface area (Å²) in [6, 6.07) is 9.57. The van der Waals surface area contributed by atoms with Crippen LogP contribution in [0.25, 0.3) is 0 Å². The van der Waals surface area contributed by atoms with Crippen LogP contribution in [0.5, 0.6) is 0 Å². The van der Waals surface area contributed by atoms with Gasteiger partial charge in [-0.1, -0.05) is 23.9 Å². The number of carbonyl (C=O) groups is 2. The Labute approximate surface area is 156 Å². The van der Waals surface area contributed by atoms with E-state index in [0.29, 0.717) is 11.4 Å². The largest absolute Gasteiger partial charge is 0.355 e. The number of carbonyl (C=O) groups excluding carboxylic acids is 2. The number of rotatable bonds is 4. The summed E-state index contributed by atoms with van der Waals surface area (Å²) in [6.07, 6.45) is 3.67. The Morgan fingerprint density at radius 2 is 2.08 bits per heavy atom. The van der Waals surface area contributed by atoms with Crippen LogP contribution in [0.15, 0.2) is 41.4 Å². The fourth-order valence-electron chi connectivity index (χ4n) is 2.89. The Bertz CT molecular complexity index is 895. The van der Waals surface area contributed by atoms with Gasteiger partial charge in [0, 0.05) is 11.0 Å². The molecule has 0 bridgehead atoms. The van der Waals surface area contributed by atoms with Crippen molar-refractivity contribution >= 4 is 35.1 Å². The van der Waals surface area contributed by atoms with Crippen molar-refractivity contribution in [2.45, 2.75) is 30.2 Å². The first kappa shape index (κ1) is 16.9. The van der Waals surface area contributed by atoms with Crippen LogP contribution in [-0.4, -0.2) is 17.3 Å². The highest BCUT2D eigenvalue weighted by molar-refractivity contribution is 8.00. The smallest absolute Gasteiger partial charge is 0.310 e. The molecule has 1 unspecified atom stereocenters. The zero-order chi connectivity index (χ0) is 18.3. The molecule has 0 spiro atoms. The number of aromatic nitrogens is 1. The second-order valence-corrected chi connectivity index (χ2v) is 7.89. The van der Waals surface area contributed by atoms with Crippen molar-refractivity contribution in [2.75, 3.05) is 10.6 Å². The standard InChI is InChI=1S/C19H20N4O2S/c1-11-4-3-5-14-16(11)21-19(26-14)22-18(25)13-8-9-23(2)15(10-13)20-17(24)12-6-7-12/h3-5,8-10,12,19,21H,6-7H2,1-2H3,(H,22,25)/p+1. The van der Waals surface area contributed by atoms with Crippen LogP contribution < -0.4 is 20.5 Å². The topological polar surface area (TPSA) is 74.1 Å². The highest BCUT2D eigenvalue weighted by Gasteiger charge is 2.34. The van der Waals surface area contributed by atoms with Gasteiger partial charge in [-0.3, -0.25) is 4.79 Å². The first-order valence-corrected chi connectivity index (χ1v) is 9.53. The lowest BCUT2D eigenvalue weighted by molar-refractivity contribution is -0.657. The molecular weight excluding hydrogens is 348 g/mol. The molecule has 3 N–H and O–H groups in total. The third kappa shape index (κ3) is 3.39. The lowest BCUT2D eigenvalue weighted by Gasteiger charge is -2.13. The summed E-state index contributed by atoms with van der Waals surface area (Å²) in [4.78, 5) is 25.8. The predicted molar refractivity (Wildman–Crippen MR) is 101 cm³/mol. The molecule has 1 aliphatic carbocycles. The Morgan fingerprint density at radius 1 is 1.27 bits per heavy atom. The molecule has 2 aromatic rings. The Morgan fingerprint density at radius 3 is 2.81 bits per heavy atom. The average molecular weight is 369 g/mol. The first-order valence-electron chi connectivity index (χ1n) is 8.65. The van der Waals surface area contributed by atoms with Crippen molar-refractivity contribution in [2.24, 2.45) is 13.0 Å². The van der Waals surface area contributed by atoms with Crippen LogP contribution in [-0.2, 0) is 11.8 Å². The number of amides is 2. The molecule has 1 aromatic heterocycles. The predicted octanol–water partition coefficient (Wildman–Crippen LogP) is 2.40. The zero-order valence-electron chi connectivity index (χ0n) is 14.7. The monoisotopic (exact) mass is 369 g/mol. The third-order valence-electron chi connectivity index (χ3n) is 4.63. The van der Waals surface area contributed by atoms with Crippen molar-refractivity contribution in [1.29, 1.82) is 0 Å². The lowest BCUT2D eigenvalue weighted by atomic mass is 10.2. The minimum Gasteiger partial charge on any atom is -0.355 e. The number of thioether (sulfide) groups is 1. The van der Waals surface area contributed by atoms with Gasteiger partial charge in [0.05, 0.1) is 30.4 Å². The molecule has 1 aliphatic heterocycles. The van der Waals surface area contributed by atoms with Gasteiger partial charge in [-0.2, -0.15) is 0 Å². The summed E-state index contributed by atoms with van der Waals surface area (Å²) >= 11 is 1.59. The van der Waals surface area contributed by atoms with Crippen molar-refractivity contribution in [1.82, 2.24) is 5.32 Å². The van der Waals surface area contributed by atoms with E-state index in [9.17, 15) is 9.59 Å². The van der Waals surface area contributed by atoms with Gasteiger partial charge in [0.25, 0.3) is 11.7 Å². The summed E-state index contributed by atoms with van der Waals surface area (Å²) in [6.45, 7) is 2.04. The van der Waals surface area contributed by atoms with Crippen LogP contribution in [0.3, 0.4) is 0 Å². The maximum atomic E-state index is 12.6. The van der Waals surface area contributed by atoms with E-state index in [2.05, 4.69) is 16.0 Å². The molecule has 7 heteroatoms. The quantitative estimate of drug-likeness (QED) is 0.724. The number of pyridine rings is 1. The van der Waals surface area contributed by atoms with E-state index < -0.39 is 0 Å². The van der Waals surface area contributed by atoms with Crippen LogP contribution in [0.4, 0.5) is 11.5 Å². The molecule has 1 fully saturated rings. The van der Waals surface area contributed by atoms with Gasteiger partial charge in [-0.25, -0.2) is 14.7 Å². The van der Waals surface area contributed by atoms with Gasteiger partial charge in [-0.15, -0.1) is 0 Å². The molecule has 4 rings (SSSR count). The molecule has 1 saturated carbocycles. The summed E-state index contributed by atoms with van der Waals surface area (Å²) in [5, 5.41) is 9.24. The fraction of sp³-hybridized carbons (Fsp3) is 0.316. The normalized spacial score (nSPS) is 18.0. The second-order valence-electron chi connectivity index (χ2n) is 6.74. The van der Waals surface area contributed by atoms with Gasteiger partial charge in [-0.05, 0) is 37.5 Å². The number of hydrogen-bond donors (Lipinski definition) is 3. The van der Waals surface area contributed by atoms with E-state index >= 15 is 0 Å². The fourth-order valence-corrected chi connectivity index (χ4v) is 3.98. The molecule has 1 aromatic carbocycles. The van der Waals surface area contributed by atoms with Crippen molar-refractivity contribution in [3.05, 3.63) is 47.7 Å². The molecular formula is C19H21N4O2S+. The van der Waals surface area contributed by atoms with Crippen LogP contribution in [0.1, 0.15) is 28.8 Å². The molecule has 26 heavy (non-hydrogen) atoms. The molecule has 1 atom stereocenters. The summed E-state index contributed by atoms with van der Waals surface area (Å²) < 4.78 is 1.80. The SMILES string of the molecule is Cc1cccc2c1NC(NC(=O)c1cc[n+](C)c(NC(=O)C3CC3)c1)S2. The number of fused-ring (bicyclic) bond motifs is 1. The first-order chi connectivity index (χ1) is 12.5. The highest BCUT2D eigenvalue weighted by atomic mass is 32.2. The number of hydrogen-bond acceptors (Lipinski definition) is 4. The van der Waals surface area contributed by atoms with E-state index in [0.717, 1.165) is 29.0 Å². The number of benzene rings is 1. The minimum absolute atomic E-state index is 0.0251. The van der Waals surface area contributed by atoms with Gasteiger partial charge < -0.3 is 10.6 Å². The Hall–Kier alpha value is -2.54. The van der Waals surface area contributed by atoms with Gasteiger partial charge in [0.2, 0.25) is 0 Å². The van der Waals surface area contributed by atoms with Crippen molar-refractivity contribution in [3.63, 3.8) is 0 Å². The van der Waals surface area contributed by atoms with E-state index in [1.54, 1.807) is 34.7 Å². The number of nitrogens with one attached hydrogen (secondary N) is 3. The molecule has 134 valence electrons. The van der Waals surface area contributed by atoms with Crippen LogP contribution in [0.2, 0.25) is 0 Å². The van der Waals surface area contributed by atoms with Crippen LogP contribution >= 0.6 is 11.8 Å². The molecule has 2 aliphatic rings. The number of anilines is 2. The third-order valence-corrected chi connectivity index (χ3v) is 5.69. The van der Waals surface area contributed by atoms with Crippen molar-refractivity contribution < 1.29 is 14.2 Å². The number of nitrogens with zero attached hydrogens (tertiary/aromatic N) is 1. The maximum Gasteiger partial charge on any atom is 0.310 e. The van der Waals surface area contributed by atoms with E-state index in [1.807, 2.05) is 32.2 Å². The molecule has 6 nitrogen and oxygen atoms in total. The van der Waals surface area contributed by atoms with Gasteiger partial charge in [0.15, 0.2) is 5.50 Å². The molecule has 2 amide bonds. The van der Waals surface area contributed by atoms with Crippen LogP contribution in [0, 0.1) is 12.8 Å². The lowest BCUT2D eigenvalue weighted by Crippen LogP contribution is -2.38. The van der Waals surface area contributed by atoms with E-state index in [4.69, 9.17) is 0 Å². The zero-order valence-corrected chi connectivity index (χ0v) is 15.5. The number of para-hydroxylation sites is 1. The highest BCUT2D eigenvalue weighted by Crippen LogP contribution is 2.39. The van der Waals surface area contributed by atoms with E-state index in [-0.39, 0.29) is 23.2 Å². The summed E-state index contributed by atoms with van der Waals surface area (Å²) in [5.41, 5.74) is 2.53. The summed E-state index contributed by atoms with van der Waals surface area (Å²) in [7, 11) is 1.85. The van der Waals surface area contributed by atoms with E-state index in [1.165, 1.54) is 0 Å². The summed E-state index contributed by atoms with van der Waals surface area (Å²) in [5.74, 6) is 0.592. The average Bonchev–Trinajstić information content (AvgIpc) is 3.38. The minimum atomic E-state index is -0.211. The number of aryl methyl sites for hydroxylation is 2. The van der Waals surface area contributed by atoms with Gasteiger partial charge >= 0.3 is 5.91 Å².